The molecule has 0 atom stereocenters. The Morgan fingerprint density at radius 2 is 1.95 bits per heavy atom. The van der Waals surface area contributed by atoms with Gasteiger partial charge in [-0.05, 0) is 31.5 Å². The highest BCUT2D eigenvalue weighted by Gasteiger charge is 2.32. The highest BCUT2D eigenvalue weighted by atomic mass is 35.5. The van der Waals surface area contributed by atoms with Crippen molar-refractivity contribution >= 4 is 17.4 Å². The zero-order chi connectivity index (χ0) is 13.7. The van der Waals surface area contributed by atoms with E-state index >= 15 is 0 Å². The Morgan fingerprint density at radius 3 is 2.58 bits per heavy atom. The number of nitrogens with one attached hydrogen (secondary N) is 1. The van der Waals surface area contributed by atoms with Gasteiger partial charge in [-0.25, -0.2) is 0 Å². The van der Waals surface area contributed by atoms with Crippen LogP contribution in [0.15, 0.2) is 24.3 Å². The zero-order valence-corrected chi connectivity index (χ0v) is 12.3. The molecule has 1 saturated carbocycles. The molecule has 0 radical (unpaired) electrons. The first-order valence-electron chi connectivity index (χ1n) is 7.09. The molecule has 1 aromatic rings. The summed E-state index contributed by atoms with van der Waals surface area (Å²) in [5.41, 5.74) is 0.965. The molecule has 0 saturated heterocycles. The fourth-order valence-electron chi connectivity index (χ4n) is 3.04. The number of hydrogen-bond donors (Lipinski definition) is 1. The topological polar surface area (TPSA) is 29.1 Å². The normalized spacial score (nSPS) is 18.2. The van der Waals surface area contributed by atoms with Crippen molar-refractivity contribution in [3.63, 3.8) is 0 Å². The number of ketones is 1. The molecule has 1 aliphatic carbocycles. The summed E-state index contributed by atoms with van der Waals surface area (Å²) in [7, 11) is 1.98. The molecule has 1 aromatic carbocycles. The molecule has 104 valence electrons. The Labute approximate surface area is 120 Å². The molecule has 2 nitrogen and oxygen atoms in total. The zero-order valence-electron chi connectivity index (χ0n) is 11.5. The van der Waals surface area contributed by atoms with E-state index in [1.54, 1.807) is 0 Å². The first-order valence-corrected chi connectivity index (χ1v) is 7.47. The number of carbonyl (C=O) groups excluding carboxylic acids is 1. The van der Waals surface area contributed by atoms with Crippen LogP contribution >= 0.6 is 11.6 Å². The summed E-state index contributed by atoms with van der Waals surface area (Å²) in [6, 6.07) is 7.61. The predicted molar refractivity (Wildman–Crippen MR) is 79.7 cm³/mol. The highest BCUT2D eigenvalue weighted by Crippen LogP contribution is 2.31. The van der Waals surface area contributed by atoms with Crippen LogP contribution in [0.4, 0.5) is 0 Å². The van der Waals surface area contributed by atoms with Gasteiger partial charge in [0.15, 0.2) is 0 Å². The van der Waals surface area contributed by atoms with Gasteiger partial charge >= 0.3 is 0 Å². The van der Waals surface area contributed by atoms with Crippen LogP contribution in [0.3, 0.4) is 0 Å². The third-order valence-electron chi connectivity index (χ3n) is 4.22. The van der Waals surface area contributed by atoms with Gasteiger partial charge in [0.05, 0.1) is 0 Å². The van der Waals surface area contributed by atoms with Crippen molar-refractivity contribution in [2.24, 2.45) is 0 Å². The van der Waals surface area contributed by atoms with Crippen molar-refractivity contribution in [1.29, 1.82) is 0 Å². The lowest BCUT2D eigenvalue weighted by Gasteiger charge is -2.36. The van der Waals surface area contributed by atoms with Crippen LogP contribution in [-0.2, 0) is 11.2 Å². The van der Waals surface area contributed by atoms with Crippen LogP contribution < -0.4 is 5.32 Å². The highest BCUT2D eigenvalue weighted by molar-refractivity contribution is 6.31. The van der Waals surface area contributed by atoms with Crippen LogP contribution in [0.25, 0.3) is 0 Å². The molecule has 2 rings (SSSR count). The number of benzene rings is 1. The second-order valence-corrected chi connectivity index (χ2v) is 5.98. The first kappa shape index (κ1) is 14.5. The fourth-order valence-corrected chi connectivity index (χ4v) is 3.24. The third-order valence-corrected chi connectivity index (χ3v) is 4.59. The van der Waals surface area contributed by atoms with E-state index in [2.05, 4.69) is 5.32 Å². The van der Waals surface area contributed by atoms with Crippen LogP contribution in [0.5, 0.6) is 0 Å². The molecule has 0 unspecified atom stereocenters. The SMILES string of the molecule is CNC1(CC(=O)Cc2ccccc2Cl)CCCCC1. The molecule has 1 aliphatic rings. The molecule has 3 heteroatoms. The molecule has 1 N–H and O–H groups in total. The maximum absolute atomic E-state index is 12.3. The van der Waals surface area contributed by atoms with Gasteiger partial charge in [-0.1, -0.05) is 49.1 Å². The molecule has 0 bridgehead atoms. The van der Waals surface area contributed by atoms with E-state index in [0.717, 1.165) is 18.4 Å². The average molecular weight is 280 g/mol. The van der Waals surface area contributed by atoms with Gasteiger partial charge < -0.3 is 5.32 Å². The van der Waals surface area contributed by atoms with E-state index in [1.807, 2.05) is 31.3 Å². The Balaban J connectivity index is 1.98. The molecule has 1 fully saturated rings. The number of halogens is 1. The Morgan fingerprint density at radius 1 is 1.26 bits per heavy atom. The lowest BCUT2D eigenvalue weighted by molar-refractivity contribution is -0.120. The molecule has 0 amide bonds. The summed E-state index contributed by atoms with van der Waals surface area (Å²) in [6.07, 6.45) is 7.02. The maximum Gasteiger partial charge on any atom is 0.139 e. The van der Waals surface area contributed by atoms with Crippen LogP contribution in [0, 0.1) is 0 Å². The van der Waals surface area contributed by atoms with Crippen molar-refractivity contribution in [2.45, 2.75) is 50.5 Å². The van der Waals surface area contributed by atoms with E-state index in [9.17, 15) is 4.79 Å². The summed E-state index contributed by atoms with van der Waals surface area (Å²) >= 11 is 6.11. The van der Waals surface area contributed by atoms with Crippen molar-refractivity contribution in [3.8, 4) is 0 Å². The van der Waals surface area contributed by atoms with E-state index in [1.165, 1.54) is 19.3 Å². The lowest BCUT2D eigenvalue weighted by Crippen LogP contribution is -2.46. The van der Waals surface area contributed by atoms with Gasteiger partial charge in [0.2, 0.25) is 0 Å². The Kier molecular flexibility index (Phi) is 5.00. The number of hydrogen-bond acceptors (Lipinski definition) is 2. The summed E-state index contributed by atoms with van der Waals surface area (Å²) in [4.78, 5) is 12.3. The van der Waals surface area contributed by atoms with E-state index in [-0.39, 0.29) is 11.3 Å². The summed E-state index contributed by atoms with van der Waals surface area (Å²) < 4.78 is 0. The lowest BCUT2D eigenvalue weighted by atomic mass is 9.78. The smallest absolute Gasteiger partial charge is 0.139 e. The van der Waals surface area contributed by atoms with Crippen molar-refractivity contribution in [3.05, 3.63) is 34.9 Å². The molecule has 0 aromatic heterocycles. The molecule has 0 aliphatic heterocycles. The predicted octanol–water partition coefficient (Wildman–Crippen LogP) is 3.76. The fraction of sp³-hybridized carbons (Fsp3) is 0.562. The molecule has 0 spiro atoms. The van der Waals surface area contributed by atoms with Gasteiger partial charge in [-0.15, -0.1) is 0 Å². The van der Waals surface area contributed by atoms with Gasteiger partial charge in [0.1, 0.15) is 5.78 Å². The standard InChI is InChI=1S/C16H22ClNO/c1-18-16(9-5-2-6-10-16)12-14(19)11-13-7-3-4-8-15(13)17/h3-4,7-8,18H,2,5-6,9-12H2,1H3. The summed E-state index contributed by atoms with van der Waals surface area (Å²) in [6.45, 7) is 0. The van der Waals surface area contributed by atoms with Crippen LogP contribution in [0.2, 0.25) is 5.02 Å². The monoisotopic (exact) mass is 279 g/mol. The molecule has 0 heterocycles. The maximum atomic E-state index is 12.3. The van der Waals surface area contributed by atoms with E-state index < -0.39 is 0 Å². The molecular formula is C16H22ClNO. The quantitative estimate of drug-likeness (QED) is 0.889. The van der Waals surface area contributed by atoms with Crippen LogP contribution in [0.1, 0.15) is 44.1 Å². The largest absolute Gasteiger partial charge is 0.314 e. The van der Waals surface area contributed by atoms with Crippen LogP contribution in [-0.4, -0.2) is 18.4 Å². The molecule has 19 heavy (non-hydrogen) atoms. The minimum Gasteiger partial charge on any atom is -0.314 e. The Hall–Kier alpha value is -0.860. The van der Waals surface area contributed by atoms with E-state index in [0.29, 0.717) is 17.9 Å². The number of carbonyl (C=O) groups is 1. The van der Waals surface area contributed by atoms with Gasteiger partial charge in [0, 0.05) is 23.4 Å². The summed E-state index contributed by atoms with van der Waals surface area (Å²) in [5, 5.41) is 4.09. The molecular weight excluding hydrogens is 258 g/mol. The summed E-state index contributed by atoms with van der Waals surface area (Å²) in [5.74, 6) is 0.282. The van der Waals surface area contributed by atoms with Gasteiger partial charge in [-0.2, -0.15) is 0 Å². The number of Topliss-reactive ketones (excluding diaryl/α,β-unsaturated/α-hetero) is 1. The minimum atomic E-state index is 0.0244. The average Bonchev–Trinajstić information content (AvgIpc) is 2.42. The Bertz CT molecular complexity index is 438. The third kappa shape index (κ3) is 3.80. The van der Waals surface area contributed by atoms with Gasteiger partial charge in [0.25, 0.3) is 0 Å². The second-order valence-electron chi connectivity index (χ2n) is 5.57. The first-order chi connectivity index (χ1) is 9.15. The van der Waals surface area contributed by atoms with Crippen molar-refractivity contribution in [1.82, 2.24) is 5.32 Å². The number of rotatable bonds is 5. The minimum absolute atomic E-state index is 0.0244. The second kappa shape index (κ2) is 6.53. The van der Waals surface area contributed by atoms with Crippen molar-refractivity contribution in [2.75, 3.05) is 7.05 Å². The van der Waals surface area contributed by atoms with Gasteiger partial charge in [-0.3, -0.25) is 4.79 Å². The van der Waals surface area contributed by atoms with Crippen molar-refractivity contribution < 1.29 is 4.79 Å². The van der Waals surface area contributed by atoms with E-state index in [4.69, 9.17) is 11.6 Å².